The maximum absolute atomic E-state index is 11.5. The van der Waals surface area contributed by atoms with Gasteiger partial charge in [-0.25, -0.2) is 0 Å². The molecule has 1 aliphatic rings. The van der Waals surface area contributed by atoms with Crippen molar-refractivity contribution in [3.05, 3.63) is 65.2 Å². The molecule has 1 saturated heterocycles. The monoisotopic (exact) mass is 386 g/mol. The van der Waals surface area contributed by atoms with Gasteiger partial charge in [-0.15, -0.1) is 0 Å². The number of carbonyl (C=O) groups excluding carboxylic acids is 1. The maximum atomic E-state index is 11.5. The van der Waals surface area contributed by atoms with Crippen LogP contribution in [-0.2, 0) is 6.54 Å². The van der Waals surface area contributed by atoms with Crippen molar-refractivity contribution in [3.63, 3.8) is 0 Å². The van der Waals surface area contributed by atoms with Crippen LogP contribution in [0.15, 0.2) is 54.6 Å². The predicted octanol–water partition coefficient (Wildman–Crippen LogP) is 2.70. The molecule has 1 fully saturated rings. The highest BCUT2D eigenvalue weighted by molar-refractivity contribution is 6.30. The quantitative estimate of drug-likeness (QED) is 0.766. The molecule has 0 aromatic heterocycles. The number of amides is 1. The van der Waals surface area contributed by atoms with Crippen molar-refractivity contribution in [3.8, 4) is 0 Å². The fourth-order valence-corrected chi connectivity index (χ4v) is 3.64. The van der Waals surface area contributed by atoms with E-state index >= 15 is 0 Å². The number of hydrogen-bond acceptors (Lipinski definition) is 4. The molecule has 27 heavy (non-hydrogen) atoms. The number of nitrogens with zero attached hydrogens (tertiary/aromatic N) is 3. The Labute approximate surface area is 165 Å². The zero-order chi connectivity index (χ0) is 19.2. The number of hydrogen-bond donors (Lipinski definition) is 0. The summed E-state index contributed by atoms with van der Waals surface area (Å²) in [7, 11) is 0. The van der Waals surface area contributed by atoms with Crippen molar-refractivity contribution in [1.29, 1.82) is 0 Å². The highest BCUT2D eigenvalue weighted by Gasteiger charge is 2.24. The Morgan fingerprint density at radius 1 is 1.15 bits per heavy atom. The van der Waals surface area contributed by atoms with E-state index in [-0.39, 0.29) is 0 Å². The van der Waals surface area contributed by atoms with Crippen LogP contribution in [0.4, 0.5) is 10.5 Å². The normalized spacial score (nSPS) is 18.4. The first-order valence-electron chi connectivity index (χ1n) is 9.27. The molecule has 144 valence electrons. The van der Waals surface area contributed by atoms with Gasteiger partial charge in [0.15, 0.2) is 0 Å². The van der Waals surface area contributed by atoms with Gasteiger partial charge in [0, 0.05) is 56.0 Å². The summed E-state index contributed by atoms with van der Waals surface area (Å²) < 4.78 is 0. The van der Waals surface area contributed by atoms with Gasteiger partial charge in [0.05, 0.1) is 0 Å². The molecule has 5 nitrogen and oxygen atoms in total. The second-order valence-electron chi connectivity index (χ2n) is 7.00. The van der Waals surface area contributed by atoms with Gasteiger partial charge in [0.25, 0.3) is 0 Å². The van der Waals surface area contributed by atoms with Crippen molar-refractivity contribution in [2.45, 2.75) is 19.5 Å². The number of anilines is 1. The summed E-state index contributed by atoms with van der Waals surface area (Å²) in [6.45, 7) is 7.07. The predicted molar refractivity (Wildman–Crippen MR) is 107 cm³/mol. The van der Waals surface area contributed by atoms with E-state index in [1.165, 1.54) is 10.5 Å². The van der Waals surface area contributed by atoms with E-state index in [1.54, 1.807) is 24.3 Å². The Balaban J connectivity index is 1.52. The molecule has 0 saturated carbocycles. The van der Waals surface area contributed by atoms with E-state index in [1.807, 2.05) is 6.07 Å². The third-order valence-corrected chi connectivity index (χ3v) is 5.33. The van der Waals surface area contributed by atoms with E-state index in [2.05, 4.69) is 41.0 Å². The lowest BCUT2D eigenvalue weighted by Gasteiger charge is -2.40. The maximum Gasteiger partial charge on any atom is 0.141 e. The standard InChI is InChI=1S/C21H26ClN3O2/c1-17-15-23(11-13-24(17)16-18-5-3-2-4-6-18)12-14-25(21(26)27)20-9-7-19(22)8-10-20/h2-10,17H,11-16H2,1H3,(H,26,27)/p-1. The van der Waals surface area contributed by atoms with Crippen LogP contribution in [0.25, 0.3) is 0 Å². The van der Waals surface area contributed by atoms with Crippen LogP contribution in [0, 0.1) is 0 Å². The van der Waals surface area contributed by atoms with Gasteiger partial charge in [-0.2, -0.15) is 0 Å². The van der Waals surface area contributed by atoms with Gasteiger partial charge in [0.2, 0.25) is 0 Å². The van der Waals surface area contributed by atoms with E-state index in [0.717, 1.165) is 26.2 Å². The van der Waals surface area contributed by atoms with Crippen LogP contribution in [0.5, 0.6) is 0 Å². The Kier molecular flexibility index (Phi) is 6.72. The van der Waals surface area contributed by atoms with Gasteiger partial charge in [-0.1, -0.05) is 41.9 Å². The Hall–Kier alpha value is -2.08. The van der Waals surface area contributed by atoms with Gasteiger partial charge < -0.3 is 14.8 Å². The second kappa shape index (κ2) is 9.22. The number of carbonyl (C=O) groups is 1. The summed E-state index contributed by atoms with van der Waals surface area (Å²) in [4.78, 5) is 17.6. The van der Waals surface area contributed by atoms with Gasteiger partial charge in [-0.3, -0.25) is 9.80 Å². The highest BCUT2D eigenvalue weighted by atomic mass is 35.5. The summed E-state index contributed by atoms with van der Waals surface area (Å²) in [5, 5.41) is 12.1. The molecule has 1 aliphatic heterocycles. The molecule has 2 aromatic carbocycles. The Morgan fingerprint density at radius 3 is 2.48 bits per heavy atom. The lowest BCUT2D eigenvalue weighted by molar-refractivity contribution is -0.246. The summed E-state index contributed by atoms with van der Waals surface area (Å²) >= 11 is 5.89. The summed E-state index contributed by atoms with van der Waals surface area (Å²) in [5.41, 5.74) is 1.92. The smallest absolute Gasteiger partial charge is 0.141 e. The van der Waals surface area contributed by atoms with Crippen molar-refractivity contribution in [2.75, 3.05) is 37.6 Å². The molecule has 0 bridgehead atoms. The molecule has 1 unspecified atom stereocenters. The van der Waals surface area contributed by atoms with Gasteiger partial charge >= 0.3 is 0 Å². The van der Waals surface area contributed by atoms with Crippen molar-refractivity contribution in [2.24, 2.45) is 0 Å². The number of benzene rings is 2. The second-order valence-corrected chi connectivity index (χ2v) is 7.44. The SMILES string of the molecule is CC1CN(CCN(C(=O)[O-])c2ccc(Cl)cc2)CCN1Cc1ccccc1. The molecule has 3 rings (SSSR count). The van der Waals surface area contributed by atoms with E-state index < -0.39 is 6.09 Å². The minimum atomic E-state index is -1.19. The highest BCUT2D eigenvalue weighted by Crippen LogP contribution is 2.18. The first kappa shape index (κ1) is 19.7. The molecule has 0 N–H and O–H groups in total. The van der Waals surface area contributed by atoms with Crippen LogP contribution < -0.4 is 10.0 Å². The first-order chi connectivity index (χ1) is 13.0. The number of piperazine rings is 1. The molecule has 6 heteroatoms. The van der Waals surface area contributed by atoms with Crippen molar-refractivity contribution < 1.29 is 9.90 Å². The van der Waals surface area contributed by atoms with Crippen LogP contribution in [0.2, 0.25) is 5.02 Å². The van der Waals surface area contributed by atoms with Crippen LogP contribution in [0.1, 0.15) is 12.5 Å². The van der Waals surface area contributed by atoms with Crippen molar-refractivity contribution >= 4 is 23.4 Å². The number of halogens is 1. The van der Waals surface area contributed by atoms with E-state index in [9.17, 15) is 9.90 Å². The molecule has 2 aromatic rings. The molecule has 0 spiro atoms. The van der Waals surface area contributed by atoms with Crippen LogP contribution in [-0.4, -0.2) is 54.7 Å². The first-order valence-corrected chi connectivity index (χ1v) is 9.65. The van der Waals surface area contributed by atoms with Gasteiger partial charge in [0.1, 0.15) is 6.09 Å². The summed E-state index contributed by atoms with van der Waals surface area (Å²) in [6, 6.07) is 17.7. The third kappa shape index (κ3) is 5.45. The van der Waals surface area contributed by atoms with Crippen molar-refractivity contribution in [1.82, 2.24) is 9.80 Å². The number of carboxylic acid groups (broad SMARTS) is 1. The fourth-order valence-electron chi connectivity index (χ4n) is 3.51. The molecule has 1 amide bonds. The van der Waals surface area contributed by atoms with Crippen LogP contribution >= 0.6 is 11.6 Å². The lowest BCUT2D eigenvalue weighted by Crippen LogP contribution is -2.53. The van der Waals surface area contributed by atoms with E-state index in [0.29, 0.717) is 29.8 Å². The minimum absolute atomic E-state index is 0.384. The van der Waals surface area contributed by atoms with E-state index in [4.69, 9.17) is 11.6 Å². The Morgan fingerprint density at radius 2 is 1.85 bits per heavy atom. The third-order valence-electron chi connectivity index (χ3n) is 5.08. The molecular formula is C21H25ClN3O2-. The summed E-state index contributed by atoms with van der Waals surface area (Å²) in [5.74, 6) is 0. The average Bonchev–Trinajstić information content (AvgIpc) is 2.66. The zero-order valence-corrected chi connectivity index (χ0v) is 16.3. The minimum Gasteiger partial charge on any atom is -0.530 e. The average molecular weight is 387 g/mol. The lowest BCUT2D eigenvalue weighted by atomic mass is 10.1. The largest absolute Gasteiger partial charge is 0.530 e. The molecule has 0 aliphatic carbocycles. The molecule has 0 radical (unpaired) electrons. The molecule has 1 heterocycles. The van der Waals surface area contributed by atoms with Gasteiger partial charge in [-0.05, 0) is 36.8 Å². The Bertz CT molecular complexity index is 739. The summed E-state index contributed by atoms with van der Waals surface area (Å²) in [6.07, 6.45) is -1.19. The topological polar surface area (TPSA) is 49.9 Å². The molecule has 1 atom stereocenters. The molecular weight excluding hydrogens is 362 g/mol. The zero-order valence-electron chi connectivity index (χ0n) is 15.6. The fraction of sp³-hybridized carbons (Fsp3) is 0.381. The number of rotatable bonds is 6. The van der Waals surface area contributed by atoms with Crippen LogP contribution in [0.3, 0.4) is 0 Å².